The number of aromatic nitrogens is 2. The van der Waals surface area contributed by atoms with Crippen molar-refractivity contribution in [2.45, 2.75) is 58.9 Å². The smallest absolute Gasteiger partial charge is 0.153 e. The van der Waals surface area contributed by atoms with Crippen molar-refractivity contribution >= 4 is 6.29 Å². The maximum absolute atomic E-state index is 11.0. The van der Waals surface area contributed by atoms with Gasteiger partial charge in [-0.2, -0.15) is 5.10 Å². The lowest BCUT2D eigenvalue weighted by atomic mass is 9.90. The topological polar surface area (TPSA) is 34.9 Å². The maximum Gasteiger partial charge on any atom is 0.153 e. The number of carbonyl (C=O) groups is 1. The second-order valence-electron chi connectivity index (χ2n) is 5.25. The Balaban J connectivity index is 3.17. The highest BCUT2D eigenvalue weighted by molar-refractivity contribution is 5.76. The molecule has 0 amide bonds. The molecule has 0 radical (unpaired) electrons. The molecule has 0 fully saturated rings. The average molecular weight is 222 g/mol. The van der Waals surface area contributed by atoms with Crippen LogP contribution in [-0.2, 0) is 5.41 Å². The van der Waals surface area contributed by atoms with Crippen LogP contribution in [0.2, 0.25) is 0 Å². The summed E-state index contributed by atoms with van der Waals surface area (Å²) in [6.07, 6.45) is 4.87. The highest BCUT2D eigenvalue weighted by Gasteiger charge is 2.23. The monoisotopic (exact) mass is 222 g/mol. The van der Waals surface area contributed by atoms with Gasteiger partial charge in [0.1, 0.15) is 0 Å². The van der Waals surface area contributed by atoms with E-state index < -0.39 is 0 Å². The Bertz CT molecular complexity index is 356. The minimum Gasteiger partial charge on any atom is -0.298 e. The Morgan fingerprint density at radius 2 is 1.94 bits per heavy atom. The number of hydrogen-bond acceptors (Lipinski definition) is 2. The van der Waals surface area contributed by atoms with Crippen LogP contribution < -0.4 is 0 Å². The van der Waals surface area contributed by atoms with Gasteiger partial charge in [0.2, 0.25) is 0 Å². The van der Waals surface area contributed by atoms with E-state index in [2.05, 4.69) is 39.7 Å². The number of carbonyl (C=O) groups excluding carboxylic acids is 1. The van der Waals surface area contributed by atoms with Gasteiger partial charge in [0, 0.05) is 11.6 Å². The zero-order valence-corrected chi connectivity index (χ0v) is 10.9. The third-order valence-corrected chi connectivity index (χ3v) is 2.91. The van der Waals surface area contributed by atoms with Gasteiger partial charge in [0.15, 0.2) is 6.29 Å². The Morgan fingerprint density at radius 1 is 1.38 bits per heavy atom. The molecule has 0 saturated carbocycles. The first-order chi connectivity index (χ1) is 7.43. The third kappa shape index (κ3) is 2.52. The van der Waals surface area contributed by atoms with E-state index >= 15 is 0 Å². The van der Waals surface area contributed by atoms with Crippen molar-refractivity contribution in [3.63, 3.8) is 0 Å². The molecule has 1 aromatic heterocycles. The van der Waals surface area contributed by atoms with Crippen LogP contribution in [0.3, 0.4) is 0 Å². The Labute approximate surface area is 97.8 Å². The van der Waals surface area contributed by atoms with E-state index in [1.54, 1.807) is 0 Å². The Morgan fingerprint density at radius 3 is 2.25 bits per heavy atom. The summed E-state index contributed by atoms with van der Waals surface area (Å²) in [7, 11) is 0. The molecule has 1 aromatic rings. The minimum atomic E-state index is -0.0759. The fourth-order valence-electron chi connectivity index (χ4n) is 1.92. The summed E-state index contributed by atoms with van der Waals surface area (Å²) in [6.45, 7) is 10.5. The van der Waals surface area contributed by atoms with Gasteiger partial charge in [-0.15, -0.1) is 0 Å². The maximum atomic E-state index is 11.0. The summed E-state index contributed by atoms with van der Waals surface area (Å²) in [6, 6.07) is 0.398. The fraction of sp³-hybridized carbons (Fsp3) is 0.692. The van der Waals surface area contributed by atoms with Gasteiger partial charge >= 0.3 is 0 Å². The minimum absolute atomic E-state index is 0.0759. The second-order valence-corrected chi connectivity index (χ2v) is 5.25. The summed E-state index contributed by atoms with van der Waals surface area (Å²) >= 11 is 0. The van der Waals surface area contributed by atoms with Crippen molar-refractivity contribution in [2.75, 3.05) is 0 Å². The quantitative estimate of drug-likeness (QED) is 0.732. The first kappa shape index (κ1) is 12.9. The van der Waals surface area contributed by atoms with Crippen LogP contribution in [0.5, 0.6) is 0 Å². The van der Waals surface area contributed by atoms with Crippen LogP contribution in [0, 0.1) is 0 Å². The molecule has 1 heterocycles. The molecule has 0 aliphatic rings. The molecule has 0 bridgehead atoms. The summed E-state index contributed by atoms with van der Waals surface area (Å²) in [5, 5.41) is 4.58. The van der Waals surface area contributed by atoms with E-state index in [1.807, 2.05) is 10.9 Å². The predicted octanol–water partition coefficient (Wildman–Crippen LogP) is 3.35. The van der Waals surface area contributed by atoms with Crippen LogP contribution in [0.25, 0.3) is 0 Å². The molecular formula is C13H22N2O. The lowest BCUT2D eigenvalue weighted by Crippen LogP contribution is -2.16. The van der Waals surface area contributed by atoms with Gasteiger partial charge in [-0.3, -0.25) is 9.48 Å². The molecule has 0 unspecified atom stereocenters. The summed E-state index contributed by atoms with van der Waals surface area (Å²) in [4.78, 5) is 11.0. The van der Waals surface area contributed by atoms with Crippen molar-refractivity contribution in [1.29, 1.82) is 0 Å². The summed E-state index contributed by atoms with van der Waals surface area (Å²) in [5.74, 6) is 0. The Kier molecular flexibility index (Phi) is 3.89. The summed E-state index contributed by atoms with van der Waals surface area (Å²) in [5.41, 5.74) is 1.54. The lowest BCUT2D eigenvalue weighted by molar-refractivity contribution is 0.112. The van der Waals surface area contributed by atoms with E-state index in [0.29, 0.717) is 6.04 Å². The van der Waals surface area contributed by atoms with Crippen molar-refractivity contribution in [2.24, 2.45) is 0 Å². The van der Waals surface area contributed by atoms with Crippen LogP contribution in [-0.4, -0.2) is 16.1 Å². The van der Waals surface area contributed by atoms with E-state index in [-0.39, 0.29) is 5.41 Å². The largest absolute Gasteiger partial charge is 0.298 e. The summed E-state index contributed by atoms with van der Waals surface area (Å²) < 4.78 is 1.95. The highest BCUT2D eigenvalue weighted by Crippen LogP contribution is 2.25. The highest BCUT2D eigenvalue weighted by atomic mass is 16.1. The number of rotatable bonds is 4. The first-order valence-corrected chi connectivity index (χ1v) is 5.98. The zero-order valence-electron chi connectivity index (χ0n) is 10.9. The molecule has 0 saturated heterocycles. The van der Waals surface area contributed by atoms with E-state index in [9.17, 15) is 4.79 Å². The molecule has 3 heteroatoms. The molecule has 0 aliphatic carbocycles. The fourth-order valence-corrected chi connectivity index (χ4v) is 1.92. The molecule has 0 spiro atoms. The molecule has 16 heavy (non-hydrogen) atoms. The van der Waals surface area contributed by atoms with Gasteiger partial charge < -0.3 is 0 Å². The van der Waals surface area contributed by atoms with Crippen molar-refractivity contribution < 1.29 is 4.79 Å². The standard InChI is InChI=1S/C13H22N2O/c1-6-11(7-2)15-8-10(9-16)12(14-15)13(3,4)5/h8-9,11H,6-7H2,1-5H3. The number of aldehydes is 1. The normalized spacial score (nSPS) is 12.1. The number of nitrogens with zero attached hydrogens (tertiary/aromatic N) is 2. The van der Waals surface area contributed by atoms with Gasteiger partial charge in [-0.1, -0.05) is 34.6 Å². The molecule has 0 atom stereocenters. The van der Waals surface area contributed by atoms with E-state index in [4.69, 9.17) is 0 Å². The second kappa shape index (κ2) is 4.81. The lowest BCUT2D eigenvalue weighted by Gasteiger charge is -2.17. The van der Waals surface area contributed by atoms with Gasteiger partial charge in [0.05, 0.1) is 17.3 Å². The van der Waals surface area contributed by atoms with Crippen LogP contribution in [0.1, 0.15) is 69.6 Å². The average Bonchev–Trinajstić information content (AvgIpc) is 2.63. The van der Waals surface area contributed by atoms with Crippen molar-refractivity contribution in [3.8, 4) is 0 Å². The predicted molar refractivity (Wildman–Crippen MR) is 65.9 cm³/mol. The van der Waals surface area contributed by atoms with E-state index in [0.717, 1.165) is 30.4 Å². The molecule has 0 aliphatic heterocycles. The molecule has 1 rings (SSSR count). The van der Waals surface area contributed by atoms with Gasteiger partial charge in [0.25, 0.3) is 0 Å². The molecule has 90 valence electrons. The third-order valence-electron chi connectivity index (χ3n) is 2.91. The van der Waals surface area contributed by atoms with E-state index in [1.165, 1.54) is 0 Å². The van der Waals surface area contributed by atoms with Crippen LogP contribution >= 0.6 is 0 Å². The van der Waals surface area contributed by atoms with Crippen molar-refractivity contribution in [1.82, 2.24) is 9.78 Å². The number of hydrogen-bond donors (Lipinski definition) is 0. The van der Waals surface area contributed by atoms with Crippen LogP contribution in [0.15, 0.2) is 6.20 Å². The SMILES string of the molecule is CCC(CC)n1cc(C=O)c(C(C)(C)C)n1. The molecule has 0 aromatic carbocycles. The molecule has 3 nitrogen and oxygen atoms in total. The Hall–Kier alpha value is -1.12. The molecular weight excluding hydrogens is 200 g/mol. The van der Waals surface area contributed by atoms with Gasteiger partial charge in [-0.25, -0.2) is 0 Å². The first-order valence-electron chi connectivity index (χ1n) is 5.98. The van der Waals surface area contributed by atoms with Crippen molar-refractivity contribution in [3.05, 3.63) is 17.5 Å². The molecule has 0 N–H and O–H groups in total. The van der Waals surface area contributed by atoms with Crippen LogP contribution in [0.4, 0.5) is 0 Å². The van der Waals surface area contributed by atoms with Gasteiger partial charge in [-0.05, 0) is 12.8 Å². The zero-order chi connectivity index (χ0) is 12.3.